The Hall–Kier alpha value is -1.26. The molecule has 0 saturated carbocycles. The highest BCUT2D eigenvalue weighted by Gasteiger charge is 2.26. The van der Waals surface area contributed by atoms with E-state index in [1.165, 1.54) is 5.56 Å². The first kappa shape index (κ1) is 12.8. The lowest BCUT2D eigenvalue weighted by Gasteiger charge is -2.21. The van der Waals surface area contributed by atoms with Gasteiger partial charge in [0.05, 0.1) is 6.10 Å². The van der Waals surface area contributed by atoms with E-state index in [1.54, 1.807) is 0 Å². The van der Waals surface area contributed by atoms with Crippen LogP contribution >= 0.6 is 0 Å². The summed E-state index contributed by atoms with van der Waals surface area (Å²) in [5, 5.41) is 9.63. The van der Waals surface area contributed by atoms with Gasteiger partial charge in [-0.3, -0.25) is 4.90 Å². The molecule has 0 radical (unpaired) electrons. The molecule has 2 atom stereocenters. The van der Waals surface area contributed by atoms with Crippen LogP contribution in [0, 0.1) is 5.92 Å². The Labute approximate surface area is 113 Å². The normalized spacial score (nSPS) is 24.4. The van der Waals surface area contributed by atoms with Crippen molar-refractivity contribution in [2.24, 2.45) is 5.92 Å². The highest BCUT2D eigenvalue weighted by molar-refractivity contribution is 5.43. The first-order chi connectivity index (χ1) is 9.22. The molecule has 104 valence electrons. The second-order valence-electron chi connectivity index (χ2n) is 5.50. The van der Waals surface area contributed by atoms with Gasteiger partial charge in [-0.25, -0.2) is 0 Å². The van der Waals surface area contributed by atoms with Crippen molar-refractivity contribution >= 4 is 0 Å². The van der Waals surface area contributed by atoms with Gasteiger partial charge in [0.25, 0.3) is 0 Å². The molecule has 4 heteroatoms. The molecule has 2 unspecified atom stereocenters. The Bertz CT molecular complexity index is 447. The molecular formula is C15H21NO3. The molecule has 0 bridgehead atoms. The lowest BCUT2D eigenvalue weighted by Crippen LogP contribution is -2.24. The molecule has 3 rings (SSSR count). The van der Waals surface area contributed by atoms with Crippen molar-refractivity contribution in [1.82, 2.24) is 4.90 Å². The lowest BCUT2D eigenvalue weighted by atomic mass is 10.0. The van der Waals surface area contributed by atoms with Crippen LogP contribution in [-0.4, -0.2) is 42.4 Å². The SMILES string of the molecule is CC(O)C1CCN(Cc2ccc3c(c2)OCCO3)C1. The molecule has 0 spiro atoms. The van der Waals surface area contributed by atoms with Crippen LogP contribution in [0.5, 0.6) is 11.5 Å². The minimum absolute atomic E-state index is 0.203. The molecule has 0 aromatic heterocycles. The van der Waals surface area contributed by atoms with Gasteiger partial charge in [0, 0.05) is 13.1 Å². The number of fused-ring (bicyclic) bond motifs is 1. The third kappa shape index (κ3) is 2.85. The van der Waals surface area contributed by atoms with Crippen molar-refractivity contribution in [1.29, 1.82) is 0 Å². The van der Waals surface area contributed by atoms with Gasteiger partial charge in [0.2, 0.25) is 0 Å². The maximum Gasteiger partial charge on any atom is 0.161 e. The van der Waals surface area contributed by atoms with E-state index in [2.05, 4.69) is 17.0 Å². The van der Waals surface area contributed by atoms with Crippen LogP contribution in [-0.2, 0) is 6.54 Å². The predicted molar refractivity (Wildman–Crippen MR) is 72.5 cm³/mol. The van der Waals surface area contributed by atoms with Crippen molar-refractivity contribution in [3.63, 3.8) is 0 Å². The van der Waals surface area contributed by atoms with E-state index in [-0.39, 0.29) is 6.10 Å². The molecule has 2 heterocycles. The Kier molecular flexibility index (Phi) is 3.62. The second kappa shape index (κ2) is 5.39. The molecule has 1 N–H and O–H groups in total. The number of aliphatic hydroxyl groups excluding tert-OH is 1. The third-order valence-electron chi connectivity index (χ3n) is 4.00. The largest absolute Gasteiger partial charge is 0.486 e. The Balaban J connectivity index is 1.64. The Morgan fingerprint density at radius 2 is 2.11 bits per heavy atom. The highest BCUT2D eigenvalue weighted by Crippen LogP contribution is 2.31. The summed E-state index contributed by atoms with van der Waals surface area (Å²) in [6.07, 6.45) is 0.882. The van der Waals surface area contributed by atoms with E-state index in [0.717, 1.165) is 37.6 Å². The topological polar surface area (TPSA) is 41.9 Å². The molecule has 0 aliphatic carbocycles. The maximum absolute atomic E-state index is 9.63. The van der Waals surface area contributed by atoms with Gasteiger partial charge in [-0.15, -0.1) is 0 Å². The van der Waals surface area contributed by atoms with E-state index >= 15 is 0 Å². The second-order valence-corrected chi connectivity index (χ2v) is 5.50. The Morgan fingerprint density at radius 3 is 2.84 bits per heavy atom. The summed E-state index contributed by atoms with van der Waals surface area (Å²) < 4.78 is 11.1. The number of aliphatic hydroxyl groups is 1. The average molecular weight is 263 g/mol. The van der Waals surface area contributed by atoms with Crippen LogP contribution in [0.3, 0.4) is 0 Å². The zero-order chi connectivity index (χ0) is 13.2. The number of hydrogen-bond donors (Lipinski definition) is 1. The number of nitrogens with zero attached hydrogens (tertiary/aromatic N) is 1. The summed E-state index contributed by atoms with van der Waals surface area (Å²) in [5.74, 6) is 2.12. The maximum atomic E-state index is 9.63. The van der Waals surface area contributed by atoms with Gasteiger partial charge in [-0.2, -0.15) is 0 Å². The first-order valence-corrected chi connectivity index (χ1v) is 7.01. The van der Waals surface area contributed by atoms with E-state index in [0.29, 0.717) is 19.1 Å². The Morgan fingerprint density at radius 1 is 1.32 bits per heavy atom. The molecule has 19 heavy (non-hydrogen) atoms. The van der Waals surface area contributed by atoms with E-state index < -0.39 is 0 Å². The zero-order valence-corrected chi connectivity index (χ0v) is 11.3. The fraction of sp³-hybridized carbons (Fsp3) is 0.600. The number of benzene rings is 1. The molecule has 2 aliphatic heterocycles. The van der Waals surface area contributed by atoms with Crippen molar-refractivity contribution in [2.45, 2.75) is 26.0 Å². The lowest BCUT2D eigenvalue weighted by molar-refractivity contribution is 0.127. The van der Waals surface area contributed by atoms with Gasteiger partial charge < -0.3 is 14.6 Å². The van der Waals surface area contributed by atoms with Crippen LogP contribution in [0.2, 0.25) is 0 Å². The third-order valence-corrected chi connectivity index (χ3v) is 4.00. The van der Waals surface area contributed by atoms with E-state index in [9.17, 15) is 5.11 Å². The van der Waals surface area contributed by atoms with Gasteiger partial charge in [-0.05, 0) is 43.5 Å². The fourth-order valence-corrected chi connectivity index (χ4v) is 2.84. The van der Waals surface area contributed by atoms with Crippen molar-refractivity contribution in [3.8, 4) is 11.5 Å². The minimum atomic E-state index is -0.203. The smallest absolute Gasteiger partial charge is 0.161 e. The number of hydrogen-bond acceptors (Lipinski definition) is 4. The predicted octanol–water partition coefficient (Wildman–Crippen LogP) is 1.66. The highest BCUT2D eigenvalue weighted by atomic mass is 16.6. The molecule has 1 aromatic rings. The summed E-state index contributed by atoms with van der Waals surface area (Å²) >= 11 is 0. The van der Waals surface area contributed by atoms with Crippen LogP contribution in [0.4, 0.5) is 0 Å². The minimum Gasteiger partial charge on any atom is -0.486 e. The quantitative estimate of drug-likeness (QED) is 0.900. The summed E-state index contributed by atoms with van der Waals surface area (Å²) in [4.78, 5) is 2.39. The van der Waals surface area contributed by atoms with E-state index in [4.69, 9.17) is 9.47 Å². The van der Waals surface area contributed by atoms with Crippen LogP contribution in [0.25, 0.3) is 0 Å². The standard InChI is InChI=1S/C15H21NO3/c1-11(17)13-4-5-16(10-13)9-12-2-3-14-15(8-12)19-7-6-18-14/h2-3,8,11,13,17H,4-7,9-10H2,1H3. The van der Waals surface area contributed by atoms with Crippen molar-refractivity contribution in [3.05, 3.63) is 23.8 Å². The van der Waals surface area contributed by atoms with E-state index in [1.807, 2.05) is 13.0 Å². The fourth-order valence-electron chi connectivity index (χ4n) is 2.84. The zero-order valence-electron chi connectivity index (χ0n) is 11.3. The monoisotopic (exact) mass is 263 g/mol. The molecular weight excluding hydrogens is 242 g/mol. The molecule has 1 fully saturated rings. The first-order valence-electron chi connectivity index (χ1n) is 7.01. The number of ether oxygens (including phenoxy) is 2. The van der Waals surface area contributed by atoms with Gasteiger partial charge in [0.1, 0.15) is 13.2 Å². The summed E-state index contributed by atoms with van der Waals surface area (Å²) in [6.45, 7) is 6.10. The molecule has 1 saturated heterocycles. The van der Waals surface area contributed by atoms with Crippen LogP contribution in [0.15, 0.2) is 18.2 Å². The molecule has 4 nitrogen and oxygen atoms in total. The van der Waals surface area contributed by atoms with Gasteiger partial charge in [-0.1, -0.05) is 6.07 Å². The summed E-state index contributed by atoms with van der Waals surface area (Å²) in [6, 6.07) is 6.17. The van der Waals surface area contributed by atoms with Gasteiger partial charge >= 0.3 is 0 Å². The molecule has 2 aliphatic rings. The molecule has 1 aromatic carbocycles. The molecule has 0 amide bonds. The van der Waals surface area contributed by atoms with Crippen LogP contribution in [0.1, 0.15) is 18.9 Å². The van der Waals surface area contributed by atoms with Crippen LogP contribution < -0.4 is 9.47 Å². The van der Waals surface area contributed by atoms with Crippen molar-refractivity contribution < 1.29 is 14.6 Å². The van der Waals surface area contributed by atoms with Crippen molar-refractivity contribution in [2.75, 3.05) is 26.3 Å². The van der Waals surface area contributed by atoms with Gasteiger partial charge in [0.15, 0.2) is 11.5 Å². The summed E-state index contributed by atoms with van der Waals surface area (Å²) in [7, 11) is 0. The number of likely N-dealkylation sites (tertiary alicyclic amines) is 1. The average Bonchev–Trinajstić information content (AvgIpc) is 2.87. The number of rotatable bonds is 3. The summed E-state index contributed by atoms with van der Waals surface area (Å²) in [5.41, 5.74) is 1.25.